The number of imidazole rings is 1. The number of hydrogen-bond donors (Lipinski definition) is 0. The summed E-state index contributed by atoms with van der Waals surface area (Å²) in [4.78, 5) is 4.81. The molecule has 0 saturated heterocycles. The molecule has 0 atom stereocenters. The average Bonchev–Trinajstić information content (AvgIpc) is 3.95. The molecule has 3 aromatic heterocycles. The van der Waals surface area contributed by atoms with Crippen LogP contribution in [0.3, 0.4) is 0 Å². The van der Waals surface area contributed by atoms with Crippen LogP contribution in [-0.2, 0) is 11.8 Å². The normalized spacial score (nSPS) is 15.0. The molecule has 0 unspecified atom stereocenters. The zero-order valence-electron chi connectivity index (χ0n) is 48.2. The second-order valence-corrected chi connectivity index (χ2v) is 17.8. The number of hydrogen-bond acceptors (Lipinski definition) is 2. The lowest BCUT2D eigenvalue weighted by molar-refractivity contribution is -0.571. The van der Waals surface area contributed by atoms with E-state index in [-0.39, 0.29) is 33.4 Å². The van der Waals surface area contributed by atoms with E-state index in [1.54, 1.807) is 39.6 Å². The quantitative estimate of drug-likeness (QED) is 0.113. The minimum Gasteiger partial charge on any atom is -0.458 e. The molecule has 0 aliphatic rings. The highest BCUT2D eigenvalue weighted by Crippen LogP contribution is 2.39. The van der Waals surface area contributed by atoms with Crippen LogP contribution < -0.4 is 9.30 Å². The number of aryl methyl sites for hydroxylation is 1. The summed E-state index contributed by atoms with van der Waals surface area (Å²) < 4.78 is 118. The fraction of sp³-hybridized carbons (Fsp3) is 0.172. The average molecular weight is 833 g/mol. The molecule has 0 saturated carbocycles. The van der Waals surface area contributed by atoms with Crippen molar-refractivity contribution >= 4 is 32.8 Å². The predicted molar refractivity (Wildman–Crippen MR) is 260 cm³/mol. The molecular weight excluding hydrogens is 769 g/mol. The molecule has 10 rings (SSSR count). The summed E-state index contributed by atoms with van der Waals surface area (Å²) in [5, 5.41) is 1.97. The Morgan fingerprint density at radius 1 is 0.667 bits per heavy atom. The van der Waals surface area contributed by atoms with Crippen LogP contribution in [0.2, 0.25) is 0 Å². The van der Waals surface area contributed by atoms with Gasteiger partial charge in [-0.3, -0.25) is 13.7 Å². The van der Waals surface area contributed by atoms with E-state index in [1.807, 2.05) is 99.0 Å². The fourth-order valence-electron chi connectivity index (χ4n) is 8.29. The van der Waals surface area contributed by atoms with Gasteiger partial charge in [-0.15, -0.1) is 0 Å². The first-order chi connectivity index (χ1) is 35.3. The molecular formula is C58H52N4O. The van der Waals surface area contributed by atoms with E-state index in [4.69, 9.17) is 26.2 Å². The molecule has 0 bridgehead atoms. The number of benzene rings is 7. The van der Waals surface area contributed by atoms with Gasteiger partial charge in [0.05, 0.1) is 47.1 Å². The molecule has 0 aliphatic heterocycles. The van der Waals surface area contributed by atoms with Gasteiger partial charge in [-0.1, -0.05) is 150 Å². The van der Waals surface area contributed by atoms with Crippen molar-refractivity contribution in [3.8, 4) is 50.9 Å². The summed E-state index contributed by atoms with van der Waals surface area (Å²) in [6.45, 7) is 14.1. The molecule has 0 spiro atoms. The number of para-hydroxylation sites is 2. The van der Waals surface area contributed by atoms with E-state index in [0.717, 1.165) is 32.9 Å². The highest BCUT2D eigenvalue weighted by atomic mass is 16.5. The standard InChI is InChI=1S/C58H52N4O/c1-39-17-14-26-52-55(39)61(56-47(41-18-10-8-11-19-41)24-16-25-48(56)42-20-12-9-13-21-42)38-60(52)44-22-15-23-45(35-44)63-46-28-29-49-50-34-43(58(5,6)7)27-30-51(50)62(53(49)36-46)54-33-40(31-32-59-54)37-57(2,3)4/h8-36H,37H2,1-7H3/i8D,9D,10D,11D,12D,13D,18D,19D,20D,21D,37D2. The van der Waals surface area contributed by atoms with E-state index < -0.39 is 72.2 Å². The van der Waals surface area contributed by atoms with Crippen molar-refractivity contribution < 1.29 is 25.8 Å². The van der Waals surface area contributed by atoms with Gasteiger partial charge >= 0.3 is 0 Å². The molecule has 0 fully saturated rings. The molecule has 7 aromatic carbocycles. The molecule has 0 amide bonds. The van der Waals surface area contributed by atoms with Crippen LogP contribution in [0.1, 0.15) is 74.7 Å². The Balaban J connectivity index is 1.16. The van der Waals surface area contributed by atoms with Crippen molar-refractivity contribution in [3.05, 3.63) is 199 Å². The monoisotopic (exact) mass is 832 g/mol. The summed E-state index contributed by atoms with van der Waals surface area (Å²) in [6, 6.07) is 28.3. The van der Waals surface area contributed by atoms with E-state index >= 15 is 0 Å². The summed E-state index contributed by atoms with van der Waals surface area (Å²) in [5.41, 5.74) is 5.32. The smallest absolute Gasteiger partial charge is 0.269 e. The van der Waals surface area contributed by atoms with Gasteiger partial charge < -0.3 is 4.74 Å². The maximum Gasteiger partial charge on any atom is 0.269 e. The molecule has 5 heteroatoms. The van der Waals surface area contributed by atoms with Gasteiger partial charge in [0.15, 0.2) is 0 Å². The van der Waals surface area contributed by atoms with Crippen LogP contribution in [0, 0.1) is 18.7 Å². The van der Waals surface area contributed by atoms with Gasteiger partial charge in [-0.05, 0) is 118 Å². The van der Waals surface area contributed by atoms with Crippen LogP contribution in [-0.4, -0.2) is 14.1 Å². The van der Waals surface area contributed by atoms with Gasteiger partial charge in [0.1, 0.15) is 17.3 Å². The first-order valence-electron chi connectivity index (χ1n) is 26.9. The summed E-state index contributed by atoms with van der Waals surface area (Å²) >= 11 is 0. The van der Waals surface area contributed by atoms with Gasteiger partial charge in [-0.25, -0.2) is 4.98 Å². The van der Waals surface area contributed by atoms with Crippen molar-refractivity contribution in [3.63, 3.8) is 0 Å². The third-order valence-electron chi connectivity index (χ3n) is 11.1. The van der Waals surface area contributed by atoms with Crippen molar-refractivity contribution in [1.29, 1.82) is 0 Å². The summed E-state index contributed by atoms with van der Waals surface area (Å²) in [5.74, 6) is 1.55. The van der Waals surface area contributed by atoms with Crippen molar-refractivity contribution in [2.24, 2.45) is 5.41 Å². The van der Waals surface area contributed by atoms with Crippen LogP contribution in [0.5, 0.6) is 11.5 Å². The first-order valence-corrected chi connectivity index (χ1v) is 20.9. The van der Waals surface area contributed by atoms with E-state index in [1.165, 1.54) is 0 Å². The van der Waals surface area contributed by atoms with Crippen molar-refractivity contribution in [2.45, 2.75) is 60.3 Å². The van der Waals surface area contributed by atoms with Gasteiger partial charge in [0.25, 0.3) is 6.33 Å². The first kappa shape index (κ1) is 28.4. The molecule has 3 heterocycles. The van der Waals surface area contributed by atoms with Crippen molar-refractivity contribution in [2.75, 3.05) is 0 Å². The van der Waals surface area contributed by atoms with E-state index in [9.17, 15) is 0 Å². The second kappa shape index (κ2) is 15.6. The Hall–Kier alpha value is -7.24. The maximum absolute atomic E-state index is 9.10. The van der Waals surface area contributed by atoms with Crippen molar-refractivity contribution in [1.82, 2.24) is 14.1 Å². The zero-order chi connectivity index (χ0) is 54.0. The Labute approximate surface area is 387 Å². The Bertz CT molecular complexity index is 3870. The predicted octanol–water partition coefficient (Wildman–Crippen LogP) is 14.5. The number of fused-ring (bicyclic) bond motifs is 4. The van der Waals surface area contributed by atoms with E-state index in [0.29, 0.717) is 39.6 Å². The SMILES string of the molecule is [2H]c1c([2H])c([2H])c(-c2cccc(-c3c([2H])c([2H])c([2H])c([2H])c3[2H])c2-[n+]2[c-]n(-c3cccc(Oc4ccc5c6cc(C(C)(C)C)ccc6n(-c6cc(C([2H])([2H])C(C)(C)C)ccn6)c5c4)c3)c3cccc(C)c32)c([2H])c1[2H]. The summed E-state index contributed by atoms with van der Waals surface area (Å²) in [6.07, 6.45) is 3.46. The minimum atomic E-state index is -1.66. The molecule has 310 valence electrons. The molecule has 0 N–H and O–H groups in total. The summed E-state index contributed by atoms with van der Waals surface area (Å²) in [7, 11) is 0. The van der Waals surface area contributed by atoms with E-state index in [2.05, 4.69) is 45.3 Å². The topological polar surface area (TPSA) is 35.9 Å². The molecule has 0 aliphatic carbocycles. The number of ether oxygens (including phenoxy) is 1. The van der Waals surface area contributed by atoms with Crippen LogP contribution in [0.15, 0.2) is 176 Å². The molecule has 0 radical (unpaired) electrons. The highest BCUT2D eigenvalue weighted by molar-refractivity contribution is 6.09. The Morgan fingerprint density at radius 3 is 2.05 bits per heavy atom. The largest absolute Gasteiger partial charge is 0.458 e. The Morgan fingerprint density at radius 2 is 1.35 bits per heavy atom. The lowest BCUT2D eigenvalue weighted by Gasteiger charge is -2.19. The molecule has 5 nitrogen and oxygen atoms in total. The third kappa shape index (κ3) is 7.59. The number of pyridine rings is 1. The van der Waals surface area contributed by atoms with Gasteiger partial charge in [-0.2, -0.15) is 0 Å². The number of nitrogens with zero attached hydrogens (tertiary/aromatic N) is 4. The minimum absolute atomic E-state index is 0.127. The third-order valence-corrected chi connectivity index (χ3v) is 11.1. The molecule has 63 heavy (non-hydrogen) atoms. The van der Waals surface area contributed by atoms with Gasteiger partial charge in [0, 0.05) is 25.8 Å². The number of rotatable bonds is 8. The fourth-order valence-corrected chi connectivity index (χ4v) is 8.29. The van der Waals surface area contributed by atoms with Crippen LogP contribution in [0.25, 0.3) is 72.3 Å². The maximum atomic E-state index is 9.10. The highest BCUT2D eigenvalue weighted by Gasteiger charge is 2.23. The lowest BCUT2D eigenvalue weighted by Crippen LogP contribution is -2.32. The van der Waals surface area contributed by atoms with Gasteiger partial charge in [0.2, 0.25) is 0 Å². The molecule has 10 aromatic rings. The second-order valence-electron chi connectivity index (χ2n) is 17.8. The van der Waals surface area contributed by atoms with Crippen LogP contribution >= 0.6 is 0 Å². The van der Waals surface area contributed by atoms with Crippen LogP contribution in [0.4, 0.5) is 0 Å². The lowest BCUT2D eigenvalue weighted by atomic mass is 9.86. The zero-order valence-corrected chi connectivity index (χ0v) is 36.2. The number of aromatic nitrogens is 4. The Kier molecular flexibility index (Phi) is 7.02.